The summed E-state index contributed by atoms with van der Waals surface area (Å²) in [5.41, 5.74) is 3.13. The average Bonchev–Trinajstić information content (AvgIpc) is 2.71. The number of aliphatic hydroxyl groups excluding tert-OH is 1. The van der Waals surface area contributed by atoms with Crippen LogP contribution in [0.3, 0.4) is 0 Å². The first-order valence-corrected chi connectivity index (χ1v) is 8.98. The highest BCUT2D eigenvalue weighted by Gasteiger charge is 2.17. The maximum atomic E-state index is 12.7. The van der Waals surface area contributed by atoms with Gasteiger partial charge in [-0.3, -0.25) is 14.6 Å². The summed E-state index contributed by atoms with van der Waals surface area (Å²) < 4.78 is 1.25. The van der Waals surface area contributed by atoms with Crippen LogP contribution >= 0.6 is 0 Å². The Morgan fingerprint density at radius 2 is 2.00 bits per heavy atom. The summed E-state index contributed by atoms with van der Waals surface area (Å²) >= 11 is 0. The summed E-state index contributed by atoms with van der Waals surface area (Å²) in [6, 6.07) is 6.50. The highest BCUT2D eigenvalue weighted by molar-refractivity contribution is 6.05. The number of aromatic hydroxyl groups is 1. The molecule has 0 bridgehead atoms. The van der Waals surface area contributed by atoms with E-state index in [0.717, 1.165) is 0 Å². The lowest BCUT2D eigenvalue weighted by molar-refractivity contribution is 0.0949. The number of nitrogens with zero attached hydrogens (tertiary/aromatic N) is 4. The van der Waals surface area contributed by atoms with Crippen LogP contribution in [0.2, 0.25) is 0 Å². The van der Waals surface area contributed by atoms with Crippen LogP contribution in [0.15, 0.2) is 40.4 Å². The Kier molecular flexibility index (Phi) is 5.69. The molecule has 0 aliphatic rings. The van der Waals surface area contributed by atoms with Crippen molar-refractivity contribution < 1.29 is 15.0 Å². The molecule has 0 saturated carbocycles. The highest BCUT2D eigenvalue weighted by Crippen LogP contribution is 2.22. The minimum absolute atomic E-state index is 0.0589. The van der Waals surface area contributed by atoms with E-state index < -0.39 is 5.91 Å². The van der Waals surface area contributed by atoms with Crippen molar-refractivity contribution in [2.24, 2.45) is 5.10 Å². The number of aliphatic hydroxyl groups is 1. The number of carbonyl (C=O) groups excluding carboxylic acids is 1. The molecule has 3 N–H and O–H groups in total. The van der Waals surface area contributed by atoms with Crippen molar-refractivity contribution in [1.29, 1.82) is 0 Å². The number of nitrogens with one attached hydrogen (secondary N) is 1. The number of fused-ring (bicyclic) bond motifs is 1. The first-order valence-electron chi connectivity index (χ1n) is 8.98. The molecule has 0 fully saturated rings. The van der Waals surface area contributed by atoms with Crippen molar-refractivity contribution >= 4 is 22.9 Å². The molecule has 1 aromatic carbocycles. The first-order chi connectivity index (χ1) is 13.8. The molecule has 0 unspecified atom stereocenters. The third-order valence-electron chi connectivity index (χ3n) is 4.42. The number of aromatic nitrogens is 3. The van der Waals surface area contributed by atoms with Gasteiger partial charge in [0, 0.05) is 22.7 Å². The molecule has 0 saturated heterocycles. The van der Waals surface area contributed by atoms with Gasteiger partial charge in [0.2, 0.25) is 0 Å². The molecule has 2 heterocycles. The predicted octanol–water partition coefficient (Wildman–Crippen LogP) is 1.64. The molecule has 150 valence electrons. The lowest BCUT2D eigenvalue weighted by Gasteiger charge is -2.12. The second-order valence-corrected chi connectivity index (χ2v) is 6.73. The first kappa shape index (κ1) is 20.2. The van der Waals surface area contributed by atoms with Crippen LogP contribution in [0.25, 0.3) is 10.8 Å². The zero-order valence-corrected chi connectivity index (χ0v) is 16.2. The average molecular weight is 395 g/mol. The Bertz CT molecular complexity index is 1170. The number of hydrogen-bond acceptors (Lipinski definition) is 7. The highest BCUT2D eigenvalue weighted by atomic mass is 16.3. The maximum absolute atomic E-state index is 12.7. The monoisotopic (exact) mass is 395 g/mol. The van der Waals surface area contributed by atoms with Crippen LogP contribution in [0.1, 0.15) is 47.2 Å². The van der Waals surface area contributed by atoms with E-state index in [1.807, 2.05) is 0 Å². The fraction of sp³-hybridized carbons (Fsp3) is 0.250. The van der Waals surface area contributed by atoms with Crippen LogP contribution in [0.4, 0.5) is 0 Å². The third kappa shape index (κ3) is 3.85. The van der Waals surface area contributed by atoms with E-state index in [0.29, 0.717) is 22.0 Å². The Hall–Kier alpha value is -3.59. The van der Waals surface area contributed by atoms with Gasteiger partial charge in [-0.25, -0.2) is 10.1 Å². The van der Waals surface area contributed by atoms with Crippen LogP contribution in [0.5, 0.6) is 5.75 Å². The molecule has 0 radical (unpaired) electrons. The fourth-order valence-corrected chi connectivity index (χ4v) is 2.86. The van der Waals surface area contributed by atoms with Crippen molar-refractivity contribution in [2.45, 2.75) is 33.4 Å². The van der Waals surface area contributed by atoms with Crippen molar-refractivity contribution in [2.75, 3.05) is 0 Å². The van der Waals surface area contributed by atoms with E-state index in [9.17, 15) is 19.8 Å². The summed E-state index contributed by atoms with van der Waals surface area (Å²) in [4.78, 5) is 29.2. The van der Waals surface area contributed by atoms with Gasteiger partial charge in [-0.05, 0) is 26.8 Å². The molecule has 3 aromatic rings. The topological polar surface area (TPSA) is 130 Å². The van der Waals surface area contributed by atoms with Crippen molar-refractivity contribution in [1.82, 2.24) is 20.2 Å². The smallest absolute Gasteiger partial charge is 0.292 e. The Morgan fingerprint density at radius 1 is 1.31 bits per heavy atom. The molecule has 9 heteroatoms. The normalized spacial score (nSPS) is 11.5. The molecule has 2 aromatic heterocycles. The van der Waals surface area contributed by atoms with E-state index in [1.165, 1.54) is 17.1 Å². The number of amides is 1. The van der Waals surface area contributed by atoms with Gasteiger partial charge in [-0.1, -0.05) is 18.2 Å². The molecule has 9 nitrogen and oxygen atoms in total. The zero-order chi connectivity index (χ0) is 21.1. The standard InChI is InChI=1S/C20H21N5O4/c1-11(2)25-20(29)15-7-5-4-6-14(15)17(24-25)19(28)23-22-9-16-13(10-26)8-21-12(3)18(16)27/h4-9,11,26-27H,10H2,1-3H3,(H,23,28)/b22-9+. The van der Waals surface area contributed by atoms with E-state index in [1.54, 1.807) is 45.0 Å². The summed E-state index contributed by atoms with van der Waals surface area (Å²) in [7, 11) is 0. The zero-order valence-electron chi connectivity index (χ0n) is 16.2. The van der Waals surface area contributed by atoms with Crippen LogP contribution in [-0.4, -0.2) is 37.1 Å². The van der Waals surface area contributed by atoms with Crippen LogP contribution < -0.4 is 11.0 Å². The maximum Gasteiger partial charge on any atom is 0.292 e. The Labute approximate surface area is 166 Å². The van der Waals surface area contributed by atoms with E-state index in [4.69, 9.17) is 0 Å². The quantitative estimate of drug-likeness (QED) is 0.445. The van der Waals surface area contributed by atoms with Gasteiger partial charge >= 0.3 is 0 Å². The molecule has 3 rings (SSSR count). The van der Waals surface area contributed by atoms with E-state index in [2.05, 4.69) is 20.6 Å². The summed E-state index contributed by atoms with van der Waals surface area (Å²) in [6.07, 6.45) is 2.65. The SMILES string of the molecule is Cc1ncc(CO)c(/C=N/NC(=O)c2nn(C(C)C)c(=O)c3ccccc23)c1O. The molecule has 0 spiro atoms. The molecular formula is C20H21N5O4. The molecule has 1 amide bonds. The molecular weight excluding hydrogens is 374 g/mol. The summed E-state index contributed by atoms with van der Waals surface area (Å²) in [6.45, 7) is 4.86. The summed E-state index contributed by atoms with van der Waals surface area (Å²) in [5, 5.41) is 28.4. The third-order valence-corrected chi connectivity index (χ3v) is 4.42. The fourth-order valence-electron chi connectivity index (χ4n) is 2.86. The van der Waals surface area contributed by atoms with Crippen LogP contribution in [0, 0.1) is 6.92 Å². The second-order valence-electron chi connectivity index (χ2n) is 6.73. The second kappa shape index (κ2) is 8.19. The number of benzene rings is 1. The lowest BCUT2D eigenvalue weighted by atomic mass is 10.1. The van der Waals surface area contributed by atoms with Gasteiger partial charge in [-0.15, -0.1) is 0 Å². The van der Waals surface area contributed by atoms with Gasteiger partial charge in [-0.2, -0.15) is 10.2 Å². The number of pyridine rings is 1. The predicted molar refractivity (Wildman–Crippen MR) is 108 cm³/mol. The molecule has 0 aliphatic heterocycles. The molecule has 29 heavy (non-hydrogen) atoms. The van der Waals surface area contributed by atoms with Crippen molar-refractivity contribution in [3.8, 4) is 5.75 Å². The number of rotatable bonds is 5. The van der Waals surface area contributed by atoms with Crippen molar-refractivity contribution in [3.05, 3.63) is 63.3 Å². The number of hydrogen-bond donors (Lipinski definition) is 3. The minimum atomic E-state index is -0.609. The minimum Gasteiger partial charge on any atom is -0.505 e. The molecule has 0 atom stereocenters. The number of aryl methyl sites for hydroxylation is 1. The van der Waals surface area contributed by atoms with Gasteiger partial charge < -0.3 is 10.2 Å². The number of carbonyl (C=O) groups is 1. The Balaban J connectivity index is 1.98. The van der Waals surface area contributed by atoms with Gasteiger partial charge in [0.25, 0.3) is 11.5 Å². The lowest BCUT2D eigenvalue weighted by Crippen LogP contribution is -2.30. The van der Waals surface area contributed by atoms with Crippen LogP contribution in [-0.2, 0) is 6.61 Å². The van der Waals surface area contributed by atoms with Gasteiger partial charge in [0.1, 0.15) is 5.75 Å². The van der Waals surface area contributed by atoms with Gasteiger partial charge in [0.05, 0.1) is 29.9 Å². The molecule has 0 aliphatic carbocycles. The largest absolute Gasteiger partial charge is 0.505 e. The van der Waals surface area contributed by atoms with E-state index >= 15 is 0 Å². The van der Waals surface area contributed by atoms with E-state index in [-0.39, 0.29) is 35.2 Å². The van der Waals surface area contributed by atoms with Crippen molar-refractivity contribution in [3.63, 3.8) is 0 Å². The Morgan fingerprint density at radius 3 is 2.66 bits per heavy atom. The summed E-state index contributed by atoms with van der Waals surface area (Å²) in [5.74, 6) is -0.742. The number of hydrazone groups is 1. The van der Waals surface area contributed by atoms with Gasteiger partial charge in [0.15, 0.2) is 5.69 Å².